The van der Waals surface area contributed by atoms with Gasteiger partial charge in [0.05, 0.1) is 6.10 Å². The summed E-state index contributed by atoms with van der Waals surface area (Å²) in [5.41, 5.74) is 0. The van der Waals surface area contributed by atoms with Gasteiger partial charge in [-0.15, -0.1) is 0 Å². The van der Waals surface area contributed by atoms with Crippen molar-refractivity contribution in [2.75, 3.05) is 0 Å². The molecule has 0 bridgehead atoms. The van der Waals surface area contributed by atoms with Gasteiger partial charge >= 0.3 is 0 Å². The molecule has 0 fully saturated rings. The first-order chi connectivity index (χ1) is 7.97. The molecule has 104 valence electrons. The number of aliphatic hydroxyl groups excluding tert-OH is 1. The molecule has 0 aliphatic heterocycles. The van der Waals surface area contributed by atoms with E-state index in [2.05, 4.69) is 27.7 Å². The Kier molecular flexibility index (Phi) is 9.91. The Bertz CT molecular complexity index is 165. The van der Waals surface area contributed by atoms with E-state index in [0.717, 1.165) is 11.8 Å². The maximum Gasteiger partial charge on any atom is 0.0537 e. The Morgan fingerprint density at radius 3 is 1.71 bits per heavy atom. The van der Waals surface area contributed by atoms with Gasteiger partial charge in [-0.05, 0) is 31.1 Å². The zero-order valence-corrected chi connectivity index (χ0v) is 12.7. The van der Waals surface area contributed by atoms with Crippen LogP contribution in [-0.2, 0) is 0 Å². The van der Waals surface area contributed by atoms with Gasteiger partial charge in [-0.2, -0.15) is 0 Å². The minimum Gasteiger partial charge on any atom is -0.393 e. The summed E-state index contributed by atoms with van der Waals surface area (Å²) in [6.45, 7) is 11.1. The standard InChI is InChI=1S/C16H34O/c1-6-13(2)9-7-10-14(3)11-8-12-15(4)16(5)17/h13-17H,6-12H2,1-5H3/t13-,14+,15+,16-/m0/s1. The highest BCUT2D eigenvalue weighted by molar-refractivity contribution is 4.62. The van der Waals surface area contributed by atoms with E-state index < -0.39 is 0 Å². The topological polar surface area (TPSA) is 20.2 Å². The molecule has 1 heteroatoms. The van der Waals surface area contributed by atoms with E-state index in [9.17, 15) is 5.11 Å². The van der Waals surface area contributed by atoms with Crippen LogP contribution in [0.25, 0.3) is 0 Å². The quantitative estimate of drug-likeness (QED) is 0.570. The van der Waals surface area contributed by atoms with E-state index in [-0.39, 0.29) is 6.10 Å². The van der Waals surface area contributed by atoms with Crippen LogP contribution in [0.3, 0.4) is 0 Å². The molecule has 0 aromatic carbocycles. The molecule has 0 heterocycles. The van der Waals surface area contributed by atoms with Gasteiger partial charge in [0.15, 0.2) is 0 Å². The third-order valence-corrected chi connectivity index (χ3v) is 4.27. The van der Waals surface area contributed by atoms with Gasteiger partial charge in [0.25, 0.3) is 0 Å². The molecule has 0 aromatic heterocycles. The molecule has 0 rings (SSSR count). The second kappa shape index (κ2) is 9.94. The fourth-order valence-electron chi connectivity index (χ4n) is 2.19. The van der Waals surface area contributed by atoms with Crippen LogP contribution in [0.4, 0.5) is 0 Å². The van der Waals surface area contributed by atoms with E-state index in [4.69, 9.17) is 0 Å². The summed E-state index contributed by atoms with van der Waals surface area (Å²) < 4.78 is 0. The second-order valence-electron chi connectivity index (χ2n) is 6.20. The van der Waals surface area contributed by atoms with Crippen molar-refractivity contribution in [2.45, 2.75) is 85.7 Å². The average Bonchev–Trinajstić information content (AvgIpc) is 2.28. The van der Waals surface area contributed by atoms with Gasteiger partial charge in [-0.1, -0.05) is 66.2 Å². The Morgan fingerprint density at radius 1 is 0.765 bits per heavy atom. The van der Waals surface area contributed by atoms with E-state index in [1.807, 2.05) is 6.92 Å². The summed E-state index contributed by atoms with van der Waals surface area (Å²) in [5.74, 6) is 2.22. The first-order valence-electron chi connectivity index (χ1n) is 7.65. The first-order valence-corrected chi connectivity index (χ1v) is 7.65. The fraction of sp³-hybridized carbons (Fsp3) is 1.00. The molecular formula is C16H34O. The summed E-state index contributed by atoms with van der Waals surface area (Å²) in [7, 11) is 0. The van der Waals surface area contributed by atoms with Crippen molar-refractivity contribution < 1.29 is 5.11 Å². The highest BCUT2D eigenvalue weighted by Crippen LogP contribution is 2.20. The van der Waals surface area contributed by atoms with E-state index in [0.29, 0.717) is 5.92 Å². The molecule has 0 aliphatic rings. The Morgan fingerprint density at radius 2 is 1.24 bits per heavy atom. The van der Waals surface area contributed by atoms with Gasteiger partial charge in [-0.3, -0.25) is 0 Å². The predicted octanol–water partition coefficient (Wildman–Crippen LogP) is 5.03. The van der Waals surface area contributed by atoms with Crippen molar-refractivity contribution in [3.63, 3.8) is 0 Å². The summed E-state index contributed by atoms with van der Waals surface area (Å²) in [5, 5.41) is 9.42. The third kappa shape index (κ3) is 9.64. The molecule has 4 atom stereocenters. The van der Waals surface area contributed by atoms with Crippen molar-refractivity contribution in [3.05, 3.63) is 0 Å². The van der Waals surface area contributed by atoms with E-state index in [1.165, 1.54) is 44.9 Å². The molecular weight excluding hydrogens is 208 g/mol. The third-order valence-electron chi connectivity index (χ3n) is 4.27. The summed E-state index contributed by atoms with van der Waals surface area (Å²) in [6.07, 6.45) is 9.12. The molecule has 0 saturated heterocycles. The van der Waals surface area contributed by atoms with Gasteiger partial charge in [0, 0.05) is 0 Å². The zero-order valence-electron chi connectivity index (χ0n) is 12.7. The van der Waals surface area contributed by atoms with Crippen LogP contribution in [-0.4, -0.2) is 11.2 Å². The predicted molar refractivity (Wildman–Crippen MR) is 77.2 cm³/mol. The van der Waals surface area contributed by atoms with Crippen LogP contribution in [0.5, 0.6) is 0 Å². The SMILES string of the molecule is CC[C@H](C)CCC[C@@H](C)CCC[C@@H](C)[C@H](C)O. The van der Waals surface area contributed by atoms with Crippen LogP contribution in [0, 0.1) is 17.8 Å². The van der Waals surface area contributed by atoms with Crippen LogP contribution in [0.1, 0.15) is 79.6 Å². The van der Waals surface area contributed by atoms with Gasteiger partial charge in [0.2, 0.25) is 0 Å². The number of hydrogen-bond acceptors (Lipinski definition) is 1. The second-order valence-corrected chi connectivity index (χ2v) is 6.20. The normalized spacial score (nSPS) is 18.7. The van der Waals surface area contributed by atoms with Crippen molar-refractivity contribution in [1.29, 1.82) is 0 Å². The fourth-order valence-corrected chi connectivity index (χ4v) is 2.19. The first kappa shape index (κ1) is 17.0. The van der Waals surface area contributed by atoms with Gasteiger partial charge in [-0.25, -0.2) is 0 Å². The molecule has 17 heavy (non-hydrogen) atoms. The van der Waals surface area contributed by atoms with Crippen molar-refractivity contribution in [1.82, 2.24) is 0 Å². The Balaban J connectivity index is 3.43. The highest BCUT2D eigenvalue weighted by atomic mass is 16.3. The molecule has 0 aliphatic carbocycles. The van der Waals surface area contributed by atoms with E-state index >= 15 is 0 Å². The lowest BCUT2D eigenvalue weighted by molar-refractivity contribution is 0.127. The Labute approximate surface area is 109 Å². The maximum atomic E-state index is 9.42. The summed E-state index contributed by atoms with van der Waals surface area (Å²) in [4.78, 5) is 0. The van der Waals surface area contributed by atoms with Crippen molar-refractivity contribution >= 4 is 0 Å². The lowest BCUT2D eigenvalue weighted by Crippen LogP contribution is -2.13. The van der Waals surface area contributed by atoms with Crippen LogP contribution < -0.4 is 0 Å². The van der Waals surface area contributed by atoms with Gasteiger partial charge in [0.1, 0.15) is 0 Å². The molecule has 0 saturated carbocycles. The van der Waals surface area contributed by atoms with Crippen LogP contribution in [0.15, 0.2) is 0 Å². The summed E-state index contributed by atoms with van der Waals surface area (Å²) >= 11 is 0. The molecule has 1 nitrogen and oxygen atoms in total. The monoisotopic (exact) mass is 242 g/mol. The summed E-state index contributed by atoms with van der Waals surface area (Å²) in [6, 6.07) is 0. The van der Waals surface area contributed by atoms with Crippen molar-refractivity contribution in [3.8, 4) is 0 Å². The smallest absolute Gasteiger partial charge is 0.0537 e. The minimum absolute atomic E-state index is 0.143. The molecule has 0 unspecified atom stereocenters. The lowest BCUT2D eigenvalue weighted by atomic mass is 9.91. The molecule has 0 aromatic rings. The number of hydrogen-bond donors (Lipinski definition) is 1. The maximum absolute atomic E-state index is 9.42. The number of rotatable bonds is 10. The van der Waals surface area contributed by atoms with Gasteiger partial charge < -0.3 is 5.11 Å². The lowest BCUT2D eigenvalue weighted by Gasteiger charge is -2.16. The molecule has 0 amide bonds. The molecule has 0 radical (unpaired) electrons. The average molecular weight is 242 g/mol. The van der Waals surface area contributed by atoms with Crippen molar-refractivity contribution in [2.24, 2.45) is 17.8 Å². The molecule has 1 N–H and O–H groups in total. The highest BCUT2D eigenvalue weighted by Gasteiger charge is 2.09. The Hall–Kier alpha value is -0.0400. The van der Waals surface area contributed by atoms with Crippen LogP contribution in [0.2, 0.25) is 0 Å². The van der Waals surface area contributed by atoms with E-state index in [1.54, 1.807) is 0 Å². The largest absolute Gasteiger partial charge is 0.393 e. The minimum atomic E-state index is -0.143. The molecule has 0 spiro atoms. The zero-order chi connectivity index (χ0) is 13.3. The van der Waals surface area contributed by atoms with Crippen LogP contribution >= 0.6 is 0 Å². The number of aliphatic hydroxyl groups is 1.